The number of rotatable bonds is 7. The standard InChI is InChI=1S/C26H32N2O5/c1-27(2)21-9-6-19(7-10-21)17-28(3)24(29)18-33-25(30)26(12-4-5-13-26)20-8-11-22-23(16-20)32-15-14-31-22/h6-11,16H,4-5,12-15,17-18H2,1-3H3. The highest BCUT2D eigenvalue weighted by Crippen LogP contribution is 2.45. The third-order valence-corrected chi connectivity index (χ3v) is 6.57. The van der Waals surface area contributed by atoms with Gasteiger partial charge in [-0.1, -0.05) is 31.0 Å². The molecule has 1 heterocycles. The van der Waals surface area contributed by atoms with Crippen LogP contribution in [0.2, 0.25) is 0 Å². The lowest BCUT2D eigenvalue weighted by atomic mass is 9.78. The third kappa shape index (κ3) is 4.92. The summed E-state index contributed by atoms with van der Waals surface area (Å²) in [6.07, 6.45) is 3.29. The summed E-state index contributed by atoms with van der Waals surface area (Å²) >= 11 is 0. The number of ether oxygens (including phenoxy) is 3. The molecule has 33 heavy (non-hydrogen) atoms. The molecule has 0 saturated heterocycles. The molecular weight excluding hydrogens is 420 g/mol. The van der Waals surface area contributed by atoms with Crippen molar-refractivity contribution in [1.82, 2.24) is 4.90 Å². The topological polar surface area (TPSA) is 68.3 Å². The Balaban J connectivity index is 1.39. The van der Waals surface area contributed by atoms with Crippen LogP contribution in [0, 0.1) is 0 Å². The van der Waals surface area contributed by atoms with Crippen molar-refractivity contribution in [2.24, 2.45) is 0 Å². The van der Waals surface area contributed by atoms with Crippen molar-refractivity contribution >= 4 is 17.6 Å². The van der Waals surface area contributed by atoms with Crippen molar-refractivity contribution in [3.63, 3.8) is 0 Å². The zero-order valence-corrected chi connectivity index (χ0v) is 19.6. The number of carbonyl (C=O) groups is 2. The Morgan fingerprint density at radius 1 is 0.939 bits per heavy atom. The molecule has 4 rings (SSSR count). The van der Waals surface area contributed by atoms with Gasteiger partial charge < -0.3 is 24.0 Å². The minimum absolute atomic E-state index is 0.227. The van der Waals surface area contributed by atoms with Crippen molar-refractivity contribution in [3.8, 4) is 11.5 Å². The molecule has 0 radical (unpaired) electrons. The Bertz CT molecular complexity index is 996. The summed E-state index contributed by atoms with van der Waals surface area (Å²) in [5, 5.41) is 0. The molecule has 2 aromatic rings. The summed E-state index contributed by atoms with van der Waals surface area (Å²) in [7, 11) is 5.70. The van der Waals surface area contributed by atoms with E-state index >= 15 is 0 Å². The molecule has 1 saturated carbocycles. The smallest absolute Gasteiger partial charge is 0.317 e. The third-order valence-electron chi connectivity index (χ3n) is 6.57. The van der Waals surface area contributed by atoms with Gasteiger partial charge in [0.1, 0.15) is 13.2 Å². The second kappa shape index (κ2) is 9.73. The minimum atomic E-state index is -0.739. The average Bonchev–Trinajstić information content (AvgIpc) is 3.33. The van der Waals surface area contributed by atoms with E-state index in [0.717, 1.165) is 29.7 Å². The number of hydrogen-bond acceptors (Lipinski definition) is 6. The Labute approximate surface area is 195 Å². The Kier molecular flexibility index (Phi) is 6.77. The largest absolute Gasteiger partial charge is 0.486 e. The molecule has 0 spiro atoms. The van der Waals surface area contributed by atoms with Crippen molar-refractivity contribution in [3.05, 3.63) is 53.6 Å². The van der Waals surface area contributed by atoms with E-state index in [9.17, 15) is 9.59 Å². The van der Waals surface area contributed by atoms with Crippen LogP contribution in [0.15, 0.2) is 42.5 Å². The number of hydrogen-bond donors (Lipinski definition) is 0. The SMILES string of the molecule is CN(Cc1ccc(N(C)C)cc1)C(=O)COC(=O)C1(c2ccc3c(c2)OCCO3)CCCC1. The van der Waals surface area contributed by atoms with Gasteiger partial charge in [-0.3, -0.25) is 9.59 Å². The lowest BCUT2D eigenvalue weighted by molar-refractivity contribution is -0.156. The van der Waals surface area contributed by atoms with E-state index in [1.54, 1.807) is 11.9 Å². The van der Waals surface area contributed by atoms with Gasteiger partial charge in [0.05, 0.1) is 5.41 Å². The molecule has 0 unspecified atom stereocenters. The average molecular weight is 453 g/mol. The van der Waals surface area contributed by atoms with E-state index in [1.165, 1.54) is 0 Å². The van der Waals surface area contributed by atoms with Crippen LogP contribution in [-0.2, 0) is 26.3 Å². The molecule has 2 aliphatic rings. The maximum Gasteiger partial charge on any atom is 0.317 e. The molecule has 1 fully saturated rings. The predicted octanol–water partition coefficient (Wildman–Crippen LogP) is 3.54. The zero-order valence-electron chi connectivity index (χ0n) is 19.6. The predicted molar refractivity (Wildman–Crippen MR) is 126 cm³/mol. The van der Waals surface area contributed by atoms with Crippen LogP contribution in [0.5, 0.6) is 11.5 Å². The first-order chi connectivity index (χ1) is 15.9. The van der Waals surface area contributed by atoms with Crippen molar-refractivity contribution in [1.29, 1.82) is 0 Å². The van der Waals surface area contributed by atoms with E-state index in [2.05, 4.69) is 0 Å². The van der Waals surface area contributed by atoms with Gasteiger partial charge in [0.25, 0.3) is 5.91 Å². The summed E-state index contributed by atoms with van der Waals surface area (Å²) in [6, 6.07) is 13.7. The first kappa shape index (κ1) is 23.0. The van der Waals surface area contributed by atoms with E-state index in [4.69, 9.17) is 14.2 Å². The molecule has 0 atom stereocenters. The summed E-state index contributed by atoms with van der Waals surface area (Å²) in [5.41, 5.74) is 2.25. The van der Waals surface area contributed by atoms with Crippen LogP contribution in [0.3, 0.4) is 0 Å². The number of likely N-dealkylation sites (N-methyl/N-ethyl adjacent to an activating group) is 1. The Hall–Kier alpha value is -3.22. The van der Waals surface area contributed by atoms with Gasteiger partial charge in [-0.05, 0) is 48.2 Å². The number of carbonyl (C=O) groups excluding carboxylic acids is 2. The highest BCUT2D eigenvalue weighted by atomic mass is 16.6. The maximum absolute atomic E-state index is 13.3. The lowest BCUT2D eigenvalue weighted by Crippen LogP contribution is -2.38. The maximum atomic E-state index is 13.3. The van der Waals surface area contributed by atoms with Gasteiger partial charge in [-0.25, -0.2) is 0 Å². The molecule has 176 valence electrons. The summed E-state index contributed by atoms with van der Waals surface area (Å²) in [4.78, 5) is 29.5. The van der Waals surface area contributed by atoms with Gasteiger partial charge in [0, 0.05) is 33.4 Å². The highest BCUT2D eigenvalue weighted by Gasteiger charge is 2.45. The van der Waals surface area contributed by atoms with Crippen LogP contribution in [0.4, 0.5) is 5.69 Å². The highest BCUT2D eigenvalue weighted by molar-refractivity contribution is 5.87. The molecule has 1 aliphatic heterocycles. The quantitative estimate of drug-likeness (QED) is 0.599. The number of amides is 1. The van der Waals surface area contributed by atoms with Crippen LogP contribution in [0.25, 0.3) is 0 Å². The van der Waals surface area contributed by atoms with Gasteiger partial charge in [-0.2, -0.15) is 0 Å². The molecule has 7 nitrogen and oxygen atoms in total. The molecule has 0 aromatic heterocycles. The molecule has 1 amide bonds. The van der Waals surface area contributed by atoms with Crippen LogP contribution < -0.4 is 14.4 Å². The molecule has 7 heteroatoms. The van der Waals surface area contributed by atoms with Crippen molar-refractivity contribution < 1.29 is 23.8 Å². The van der Waals surface area contributed by atoms with Gasteiger partial charge in [-0.15, -0.1) is 0 Å². The summed E-state index contributed by atoms with van der Waals surface area (Å²) < 4.78 is 16.9. The first-order valence-corrected chi connectivity index (χ1v) is 11.5. The first-order valence-electron chi connectivity index (χ1n) is 11.5. The van der Waals surface area contributed by atoms with E-state index in [0.29, 0.717) is 44.1 Å². The van der Waals surface area contributed by atoms with E-state index in [1.807, 2.05) is 61.5 Å². The van der Waals surface area contributed by atoms with Crippen molar-refractivity contribution in [2.45, 2.75) is 37.6 Å². The minimum Gasteiger partial charge on any atom is -0.486 e. The van der Waals surface area contributed by atoms with E-state index < -0.39 is 5.41 Å². The number of anilines is 1. The molecule has 1 aliphatic carbocycles. The molecule has 0 bridgehead atoms. The molecule has 0 N–H and O–H groups in total. The number of benzene rings is 2. The normalized spacial score (nSPS) is 16.2. The van der Waals surface area contributed by atoms with Crippen LogP contribution >= 0.6 is 0 Å². The molecular formula is C26H32N2O5. The van der Waals surface area contributed by atoms with E-state index in [-0.39, 0.29) is 18.5 Å². The van der Waals surface area contributed by atoms with Crippen LogP contribution in [0.1, 0.15) is 36.8 Å². The summed E-state index contributed by atoms with van der Waals surface area (Å²) in [5.74, 6) is 0.792. The fourth-order valence-electron chi connectivity index (χ4n) is 4.57. The Morgan fingerprint density at radius 2 is 1.61 bits per heavy atom. The lowest BCUT2D eigenvalue weighted by Gasteiger charge is -2.29. The Morgan fingerprint density at radius 3 is 2.27 bits per heavy atom. The fraction of sp³-hybridized carbons (Fsp3) is 0.462. The number of esters is 1. The summed E-state index contributed by atoms with van der Waals surface area (Å²) in [6.45, 7) is 1.20. The monoisotopic (exact) mass is 452 g/mol. The zero-order chi connectivity index (χ0) is 23.4. The second-order valence-electron chi connectivity index (χ2n) is 9.03. The molecule has 2 aromatic carbocycles. The number of fused-ring (bicyclic) bond motifs is 1. The second-order valence-corrected chi connectivity index (χ2v) is 9.03. The van der Waals surface area contributed by atoms with Gasteiger partial charge in [0.15, 0.2) is 18.1 Å². The fourth-order valence-corrected chi connectivity index (χ4v) is 4.57. The van der Waals surface area contributed by atoms with Crippen molar-refractivity contribution in [2.75, 3.05) is 45.9 Å². The van der Waals surface area contributed by atoms with Gasteiger partial charge in [0.2, 0.25) is 0 Å². The van der Waals surface area contributed by atoms with Gasteiger partial charge >= 0.3 is 5.97 Å². The van der Waals surface area contributed by atoms with Crippen LogP contribution in [-0.4, -0.2) is 57.7 Å². The number of nitrogens with zero attached hydrogens (tertiary/aromatic N) is 2.